The van der Waals surface area contributed by atoms with Gasteiger partial charge in [-0.05, 0) is 31.9 Å². The average molecular weight is 266 g/mol. The van der Waals surface area contributed by atoms with Gasteiger partial charge in [-0.25, -0.2) is 9.18 Å². The van der Waals surface area contributed by atoms with Crippen molar-refractivity contribution in [1.29, 1.82) is 0 Å². The van der Waals surface area contributed by atoms with Crippen molar-refractivity contribution in [3.05, 3.63) is 35.6 Å². The van der Waals surface area contributed by atoms with Crippen molar-refractivity contribution >= 4 is 5.97 Å². The maximum atomic E-state index is 13.2. The number of esters is 1. The van der Waals surface area contributed by atoms with E-state index >= 15 is 0 Å². The molecule has 2 rings (SSSR count). The quantitative estimate of drug-likeness (QED) is 0.833. The smallest absolute Gasteiger partial charge is 0.364 e. The van der Waals surface area contributed by atoms with Crippen LogP contribution in [0.4, 0.5) is 4.39 Å². The van der Waals surface area contributed by atoms with Gasteiger partial charge in [-0.2, -0.15) is 0 Å². The maximum absolute atomic E-state index is 13.2. The van der Waals surface area contributed by atoms with Gasteiger partial charge < -0.3 is 9.64 Å². The minimum atomic E-state index is -0.221. The number of benzene rings is 1. The van der Waals surface area contributed by atoms with Gasteiger partial charge in [-0.3, -0.25) is 0 Å². The first-order valence-corrected chi connectivity index (χ1v) is 6.96. The molecule has 1 aromatic rings. The lowest BCUT2D eigenvalue weighted by molar-refractivity contribution is -0.935. The highest BCUT2D eigenvalue weighted by Gasteiger charge is 2.33. The summed E-state index contributed by atoms with van der Waals surface area (Å²) in [5.41, 5.74) is 0.936. The van der Waals surface area contributed by atoms with Crippen LogP contribution in [-0.4, -0.2) is 25.2 Å². The molecule has 1 aliphatic heterocycles. The highest BCUT2D eigenvalue weighted by molar-refractivity contribution is 5.74. The van der Waals surface area contributed by atoms with Crippen LogP contribution in [0.1, 0.15) is 31.7 Å². The van der Waals surface area contributed by atoms with E-state index in [-0.39, 0.29) is 17.8 Å². The Kier molecular flexibility index (Phi) is 4.91. The molecular formula is C15H21FNO2+. The number of piperidine rings is 1. The number of ether oxygens (including phenoxy) is 1. The van der Waals surface area contributed by atoms with Crippen molar-refractivity contribution in [2.45, 2.75) is 38.8 Å². The molecule has 3 nitrogen and oxygen atoms in total. The van der Waals surface area contributed by atoms with Gasteiger partial charge in [-0.15, -0.1) is 0 Å². The summed E-state index contributed by atoms with van der Waals surface area (Å²) < 4.78 is 18.3. The number of rotatable bonds is 4. The third-order valence-electron chi connectivity index (χ3n) is 3.62. The predicted octanol–water partition coefficient (Wildman–Crippen LogP) is 1.33. The van der Waals surface area contributed by atoms with Crippen LogP contribution in [0.2, 0.25) is 0 Å². The summed E-state index contributed by atoms with van der Waals surface area (Å²) in [5.74, 6) is -0.338. The highest BCUT2D eigenvalue weighted by Crippen LogP contribution is 2.07. The molecule has 0 amide bonds. The van der Waals surface area contributed by atoms with Crippen LogP contribution in [0.15, 0.2) is 24.3 Å². The first-order chi connectivity index (χ1) is 9.20. The van der Waals surface area contributed by atoms with E-state index in [1.807, 2.05) is 13.0 Å². The number of likely N-dealkylation sites (tertiary alicyclic amines) is 1. The zero-order valence-corrected chi connectivity index (χ0v) is 11.3. The van der Waals surface area contributed by atoms with E-state index in [2.05, 4.69) is 0 Å². The summed E-state index contributed by atoms with van der Waals surface area (Å²) in [6, 6.07) is 6.51. The van der Waals surface area contributed by atoms with Crippen molar-refractivity contribution in [1.82, 2.24) is 0 Å². The molecule has 104 valence electrons. The molecule has 1 fully saturated rings. The van der Waals surface area contributed by atoms with Gasteiger partial charge in [0.25, 0.3) is 0 Å². The third-order valence-corrected chi connectivity index (χ3v) is 3.62. The lowest BCUT2D eigenvalue weighted by atomic mass is 10.0. The fourth-order valence-corrected chi connectivity index (χ4v) is 2.73. The van der Waals surface area contributed by atoms with Crippen LogP contribution in [0, 0.1) is 5.82 Å². The van der Waals surface area contributed by atoms with Gasteiger partial charge in [0.15, 0.2) is 6.04 Å². The topological polar surface area (TPSA) is 30.7 Å². The van der Waals surface area contributed by atoms with Crippen LogP contribution < -0.4 is 4.90 Å². The van der Waals surface area contributed by atoms with E-state index in [9.17, 15) is 9.18 Å². The molecular weight excluding hydrogens is 245 g/mol. The molecule has 0 saturated carbocycles. The fourth-order valence-electron chi connectivity index (χ4n) is 2.73. The number of halogens is 1. The molecule has 1 heterocycles. The molecule has 0 spiro atoms. The molecule has 1 unspecified atom stereocenters. The second-order valence-electron chi connectivity index (χ2n) is 5.02. The Bertz CT molecular complexity index is 436. The minimum Gasteiger partial charge on any atom is -0.462 e. The molecule has 1 aliphatic rings. The molecule has 1 N–H and O–H groups in total. The van der Waals surface area contributed by atoms with Crippen LogP contribution in [0.25, 0.3) is 0 Å². The van der Waals surface area contributed by atoms with Crippen molar-refractivity contribution in [2.24, 2.45) is 0 Å². The van der Waals surface area contributed by atoms with Crippen LogP contribution in [0.5, 0.6) is 0 Å². The SMILES string of the molecule is CCOC(=O)[C@@H]1CCCC[NH+]1Cc1cccc(F)c1. The van der Waals surface area contributed by atoms with Crippen LogP contribution in [-0.2, 0) is 16.1 Å². The number of carbonyl (C=O) groups is 1. The lowest BCUT2D eigenvalue weighted by Gasteiger charge is -2.30. The molecule has 1 aromatic carbocycles. The Morgan fingerprint density at radius 2 is 2.32 bits per heavy atom. The fraction of sp³-hybridized carbons (Fsp3) is 0.533. The summed E-state index contributed by atoms with van der Waals surface area (Å²) in [4.78, 5) is 13.1. The van der Waals surface area contributed by atoms with E-state index in [1.54, 1.807) is 12.1 Å². The molecule has 2 atom stereocenters. The summed E-state index contributed by atoms with van der Waals surface area (Å²) in [6.45, 7) is 3.87. The van der Waals surface area contributed by atoms with Crippen LogP contribution in [0.3, 0.4) is 0 Å². The molecule has 19 heavy (non-hydrogen) atoms. The normalized spacial score (nSPS) is 23.1. The van der Waals surface area contributed by atoms with Gasteiger partial charge in [0, 0.05) is 12.0 Å². The molecule has 4 heteroatoms. The Morgan fingerprint density at radius 1 is 1.47 bits per heavy atom. The van der Waals surface area contributed by atoms with Crippen LogP contribution >= 0.6 is 0 Å². The second kappa shape index (κ2) is 6.66. The average Bonchev–Trinajstić information content (AvgIpc) is 2.39. The predicted molar refractivity (Wildman–Crippen MR) is 70.2 cm³/mol. The van der Waals surface area contributed by atoms with Gasteiger partial charge in [0.05, 0.1) is 13.2 Å². The van der Waals surface area contributed by atoms with Crippen molar-refractivity contribution in [2.75, 3.05) is 13.2 Å². The number of hydrogen-bond donors (Lipinski definition) is 1. The molecule has 1 saturated heterocycles. The molecule has 0 aliphatic carbocycles. The molecule has 0 bridgehead atoms. The van der Waals surface area contributed by atoms with Gasteiger partial charge in [0.2, 0.25) is 0 Å². The van der Waals surface area contributed by atoms with Crippen molar-refractivity contribution in [3.63, 3.8) is 0 Å². The summed E-state index contributed by atoms with van der Waals surface area (Å²) in [7, 11) is 0. The number of nitrogens with one attached hydrogen (secondary N) is 1. The van der Waals surface area contributed by atoms with E-state index in [1.165, 1.54) is 11.0 Å². The van der Waals surface area contributed by atoms with Gasteiger partial charge in [-0.1, -0.05) is 12.1 Å². The van der Waals surface area contributed by atoms with E-state index < -0.39 is 0 Å². The Hall–Kier alpha value is -1.42. The summed E-state index contributed by atoms with van der Waals surface area (Å²) >= 11 is 0. The van der Waals surface area contributed by atoms with Crippen molar-refractivity contribution in [3.8, 4) is 0 Å². The Labute approximate surface area is 113 Å². The maximum Gasteiger partial charge on any atom is 0.364 e. The van der Waals surface area contributed by atoms with E-state index in [0.29, 0.717) is 13.2 Å². The standard InChI is InChI=1S/C15H20FNO2/c1-2-19-15(18)14-8-3-4-9-17(14)11-12-6-5-7-13(16)10-12/h5-7,10,14H,2-4,8-9,11H2,1H3/p+1/t14-/m0/s1. The first-order valence-electron chi connectivity index (χ1n) is 6.96. The summed E-state index contributed by atoms with van der Waals surface area (Å²) in [6.07, 6.45) is 3.04. The molecule has 0 radical (unpaired) electrons. The number of carbonyl (C=O) groups excluding carboxylic acids is 1. The first kappa shape index (κ1) is 14.0. The second-order valence-corrected chi connectivity index (χ2v) is 5.02. The monoisotopic (exact) mass is 266 g/mol. The zero-order chi connectivity index (χ0) is 13.7. The van der Waals surface area contributed by atoms with E-state index in [4.69, 9.17) is 4.74 Å². The summed E-state index contributed by atoms with van der Waals surface area (Å²) in [5, 5.41) is 0. The Morgan fingerprint density at radius 3 is 3.05 bits per heavy atom. The van der Waals surface area contributed by atoms with E-state index in [0.717, 1.165) is 31.4 Å². The highest BCUT2D eigenvalue weighted by atomic mass is 19.1. The molecule has 0 aromatic heterocycles. The largest absolute Gasteiger partial charge is 0.462 e. The minimum absolute atomic E-state index is 0.100. The number of quaternary nitrogens is 1. The number of hydrogen-bond acceptors (Lipinski definition) is 2. The van der Waals surface area contributed by atoms with Gasteiger partial charge >= 0.3 is 5.97 Å². The zero-order valence-electron chi connectivity index (χ0n) is 11.3. The van der Waals surface area contributed by atoms with Gasteiger partial charge in [0.1, 0.15) is 12.4 Å². The lowest BCUT2D eigenvalue weighted by Crippen LogP contribution is -3.16. The van der Waals surface area contributed by atoms with Crippen molar-refractivity contribution < 1.29 is 18.8 Å². The Balaban J connectivity index is 2.05. The third kappa shape index (κ3) is 3.77.